The van der Waals surface area contributed by atoms with Crippen LogP contribution >= 0.6 is 11.5 Å². The van der Waals surface area contributed by atoms with E-state index in [1.807, 2.05) is 13.0 Å². The van der Waals surface area contributed by atoms with E-state index in [0.717, 1.165) is 22.8 Å². The number of benzene rings is 1. The van der Waals surface area contributed by atoms with E-state index in [1.54, 1.807) is 18.2 Å². The lowest BCUT2D eigenvalue weighted by molar-refractivity contribution is -0.120. The molecule has 0 spiro atoms. The van der Waals surface area contributed by atoms with Gasteiger partial charge >= 0.3 is 0 Å². The summed E-state index contributed by atoms with van der Waals surface area (Å²) in [5.74, 6) is 0.709. The van der Waals surface area contributed by atoms with Crippen LogP contribution in [0, 0.1) is 0 Å². The Morgan fingerprint density at radius 1 is 1.33 bits per heavy atom. The topological polar surface area (TPSA) is 72.0 Å². The number of hydrogen-bond donors (Lipinski definition) is 1. The van der Waals surface area contributed by atoms with Gasteiger partial charge in [-0.05, 0) is 30.1 Å². The first-order chi connectivity index (χ1) is 10.1. The summed E-state index contributed by atoms with van der Waals surface area (Å²) >= 11 is 1.31. The highest BCUT2D eigenvalue weighted by Crippen LogP contribution is 2.08. The van der Waals surface area contributed by atoms with Gasteiger partial charge in [-0.3, -0.25) is 9.59 Å². The second-order valence-corrected chi connectivity index (χ2v) is 5.50. The predicted molar refractivity (Wildman–Crippen MR) is 81.3 cm³/mol. The van der Waals surface area contributed by atoms with Crippen molar-refractivity contribution in [2.75, 3.05) is 0 Å². The van der Waals surface area contributed by atoms with E-state index in [9.17, 15) is 9.59 Å². The van der Waals surface area contributed by atoms with Crippen molar-refractivity contribution in [1.29, 1.82) is 0 Å². The zero-order chi connectivity index (χ0) is 15.2. The summed E-state index contributed by atoms with van der Waals surface area (Å²) in [6.07, 6.45) is 1.04. The lowest BCUT2D eigenvalue weighted by Crippen LogP contribution is -2.24. The fraction of sp³-hybridized carbons (Fsp3) is 0.333. The second kappa shape index (κ2) is 7.08. The van der Waals surface area contributed by atoms with Crippen LogP contribution in [-0.4, -0.2) is 21.0 Å². The highest BCUT2D eigenvalue weighted by atomic mass is 32.1. The molecule has 2 aromatic rings. The number of ketones is 1. The first-order valence-electron chi connectivity index (χ1n) is 6.76. The quantitative estimate of drug-likeness (QED) is 0.830. The number of nitrogens with one attached hydrogen (secondary N) is 1. The molecule has 1 amide bonds. The number of carbonyl (C=O) groups excluding carboxylic acids is 2. The standard InChI is InChI=1S/C15H17N3O2S/c1-3-13-17-15(21-18-13)9-16-14(20)8-11-5-4-6-12(7-11)10(2)19/h4-7H,3,8-9H2,1-2H3,(H,16,20). The predicted octanol–water partition coefficient (Wildman–Crippen LogP) is 2.16. The molecule has 0 saturated heterocycles. The van der Waals surface area contributed by atoms with Crippen LogP contribution in [0.5, 0.6) is 0 Å². The number of rotatable bonds is 6. The summed E-state index contributed by atoms with van der Waals surface area (Å²) in [6, 6.07) is 7.13. The molecule has 0 bridgehead atoms. The van der Waals surface area contributed by atoms with Gasteiger partial charge in [-0.25, -0.2) is 4.98 Å². The van der Waals surface area contributed by atoms with Crippen LogP contribution in [0.15, 0.2) is 24.3 Å². The largest absolute Gasteiger partial charge is 0.349 e. The average molecular weight is 303 g/mol. The molecule has 2 rings (SSSR count). The highest BCUT2D eigenvalue weighted by Gasteiger charge is 2.08. The van der Waals surface area contributed by atoms with Gasteiger partial charge < -0.3 is 5.32 Å². The van der Waals surface area contributed by atoms with Gasteiger partial charge in [0.05, 0.1) is 13.0 Å². The van der Waals surface area contributed by atoms with Crippen molar-refractivity contribution >= 4 is 23.2 Å². The minimum absolute atomic E-state index is 0.00165. The Bertz CT molecular complexity index is 652. The van der Waals surface area contributed by atoms with Gasteiger partial charge in [-0.15, -0.1) is 0 Å². The molecule has 0 aliphatic rings. The molecule has 0 aliphatic carbocycles. The van der Waals surface area contributed by atoms with Crippen LogP contribution in [0.2, 0.25) is 0 Å². The zero-order valence-corrected chi connectivity index (χ0v) is 12.9. The van der Waals surface area contributed by atoms with E-state index in [0.29, 0.717) is 12.1 Å². The van der Waals surface area contributed by atoms with Crippen molar-refractivity contribution in [1.82, 2.24) is 14.7 Å². The zero-order valence-electron chi connectivity index (χ0n) is 12.0. The minimum atomic E-state index is -0.0936. The summed E-state index contributed by atoms with van der Waals surface area (Å²) in [4.78, 5) is 27.5. The summed E-state index contributed by atoms with van der Waals surface area (Å²) in [5.41, 5.74) is 1.45. The Labute approximate surface area is 127 Å². The molecule has 0 radical (unpaired) electrons. The maximum Gasteiger partial charge on any atom is 0.224 e. The van der Waals surface area contributed by atoms with Crippen LogP contribution in [0.1, 0.15) is 40.6 Å². The number of aromatic nitrogens is 2. The SMILES string of the molecule is CCc1nsc(CNC(=O)Cc2cccc(C(C)=O)c2)n1. The number of nitrogens with zero attached hydrogens (tertiary/aromatic N) is 2. The van der Waals surface area contributed by atoms with Crippen LogP contribution in [-0.2, 0) is 24.2 Å². The van der Waals surface area contributed by atoms with E-state index in [1.165, 1.54) is 18.5 Å². The van der Waals surface area contributed by atoms with Crippen LogP contribution in [0.25, 0.3) is 0 Å². The monoisotopic (exact) mass is 303 g/mol. The molecule has 110 valence electrons. The molecule has 0 saturated carbocycles. The molecule has 0 fully saturated rings. The molecule has 5 nitrogen and oxygen atoms in total. The maximum atomic E-state index is 11.9. The molecular weight excluding hydrogens is 286 g/mol. The Morgan fingerprint density at radius 2 is 2.14 bits per heavy atom. The van der Waals surface area contributed by atoms with Gasteiger partial charge in [-0.1, -0.05) is 25.1 Å². The van der Waals surface area contributed by atoms with Gasteiger partial charge in [0.25, 0.3) is 0 Å². The van der Waals surface area contributed by atoms with Crippen molar-refractivity contribution in [3.63, 3.8) is 0 Å². The number of Topliss-reactive ketones (excluding diaryl/α,β-unsaturated/α-hetero) is 1. The van der Waals surface area contributed by atoms with Gasteiger partial charge in [0.1, 0.15) is 10.8 Å². The van der Waals surface area contributed by atoms with Crippen molar-refractivity contribution in [3.8, 4) is 0 Å². The molecule has 1 heterocycles. The second-order valence-electron chi connectivity index (χ2n) is 4.67. The lowest BCUT2D eigenvalue weighted by Gasteiger charge is -2.04. The van der Waals surface area contributed by atoms with E-state index >= 15 is 0 Å². The molecule has 1 aromatic heterocycles. The molecule has 1 N–H and O–H groups in total. The summed E-state index contributed by atoms with van der Waals surface area (Å²) in [5, 5.41) is 3.62. The van der Waals surface area contributed by atoms with Crippen molar-refractivity contribution in [2.45, 2.75) is 33.2 Å². The Balaban J connectivity index is 1.89. The van der Waals surface area contributed by atoms with Crippen LogP contribution in [0.4, 0.5) is 0 Å². The summed E-state index contributed by atoms with van der Waals surface area (Å²) < 4.78 is 4.17. The highest BCUT2D eigenvalue weighted by molar-refractivity contribution is 7.05. The number of hydrogen-bond acceptors (Lipinski definition) is 5. The molecule has 21 heavy (non-hydrogen) atoms. The Kier molecular flexibility index (Phi) is 5.16. The van der Waals surface area contributed by atoms with Crippen LogP contribution < -0.4 is 5.32 Å². The molecule has 0 aliphatic heterocycles. The molecule has 0 unspecified atom stereocenters. The third-order valence-electron chi connectivity index (χ3n) is 2.96. The van der Waals surface area contributed by atoms with E-state index in [-0.39, 0.29) is 18.1 Å². The van der Waals surface area contributed by atoms with E-state index < -0.39 is 0 Å². The van der Waals surface area contributed by atoms with E-state index in [2.05, 4.69) is 14.7 Å². The fourth-order valence-corrected chi connectivity index (χ4v) is 2.49. The van der Waals surface area contributed by atoms with Gasteiger partial charge in [0.15, 0.2) is 5.78 Å². The third-order valence-corrected chi connectivity index (χ3v) is 3.71. The summed E-state index contributed by atoms with van der Waals surface area (Å²) in [6.45, 7) is 3.90. The van der Waals surface area contributed by atoms with Crippen LogP contribution in [0.3, 0.4) is 0 Å². The number of aryl methyl sites for hydroxylation is 1. The average Bonchev–Trinajstić information content (AvgIpc) is 2.93. The van der Waals surface area contributed by atoms with Gasteiger partial charge in [0, 0.05) is 12.0 Å². The first-order valence-corrected chi connectivity index (χ1v) is 7.54. The molecule has 0 atom stereocenters. The van der Waals surface area contributed by atoms with Crippen molar-refractivity contribution < 1.29 is 9.59 Å². The minimum Gasteiger partial charge on any atom is -0.349 e. The number of carbonyl (C=O) groups is 2. The molecular formula is C15H17N3O2S. The summed E-state index contributed by atoms with van der Waals surface area (Å²) in [7, 11) is 0. The first kappa shape index (κ1) is 15.3. The van der Waals surface area contributed by atoms with Gasteiger partial charge in [-0.2, -0.15) is 4.37 Å². The number of amides is 1. The molecule has 6 heteroatoms. The van der Waals surface area contributed by atoms with Crippen molar-refractivity contribution in [3.05, 3.63) is 46.2 Å². The fourth-order valence-electron chi connectivity index (χ4n) is 1.83. The normalized spacial score (nSPS) is 10.4. The smallest absolute Gasteiger partial charge is 0.224 e. The third kappa shape index (κ3) is 4.46. The lowest BCUT2D eigenvalue weighted by atomic mass is 10.1. The Hall–Kier alpha value is -2.08. The maximum absolute atomic E-state index is 11.9. The van der Waals surface area contributed by atoms with Crippen molar-refractivity contribution in [2.24, 2.45) is 0 Å². The molecule has 1 aromatic carbocycles. The van der Waals surface area contributed by atoms with Gasteiger partial charge in [0.2, 0.25) is 5.91 Å². The van der Waals surface area contributed by atoms with E-state index in [4.69, 9.17) is 0 Å². The Morgan fingerprint density at radius 3 is 2.81 bits per heavy atom.